The molecule has 7 heteroatoms. The average Bonchev–Trinajstić information content (AvgIpc) is 2.87. The molecule has 1 aliphatic heterocycles. The Hall–Kier alpha value is -1.40. The van der Waals surface area contributed by atoms with Crippen molar-refractivity contribution in [2.45, 2.75) is 6.10 Å². The molecule has 0 radical (unpaired) electrons. The van der Waals surface area contributed by atoms with Crippen molar-refractivity contribution in [2.75, 3.05) is 30.5 Å². The number of anilines is 1. The molecule has 1 aliphatic rings. The van der Waals surface area contributed by atoms with Crippen LogP contribution in [0.2, 0.25) is 0 Å². The Labute approximate surface area is 103 Å². The Bertz CT molecular complexity index is 516. The van der Waals surface area contributed by atoms with Gasteiger partial charge in [-0.25, -0.2) is 4.98 Å². The molecule has 1 saturated heterocycles. The van der Waals surface area contributed by atoms with Gasteiger partial charge in [-0.05, 0) is 0 Å². The van der Waals surface area contributed by atoms with E-state index in [1.165, 1.54) is 0 Å². The number of rotatable bonds is 2. The normalized spacial score (nSPS) is 21.0. The van der Waals surface area contributed by atoms with E-state index >= 15 is 0 Å². The first-order valence-corrected chi connectivity index (χ1v) is 5.99. The van der Waals surface area contributed by atoms with E-state index in [9.17, 15) is 0 Å². The lowest BCUT2D eigenvalue weighted by molar-refractivity contribution is 0.0552. The summed E-state index contributed by atoms with van der Waals surface area (Å²) in [6.07, 6.45) is 5.30. The van der Waals surface area contributed by atoms with Gasteiger partial charge in [0.1, 0.15) is 6.33 Å². The van der Waals surface area contributed by atoms with E-state index < -0.39 is 0 Å². The molecule has 0 N–H and O–H groups in total. The maximum atomic E-state index is 5.82. The van der Waals surface area contributed by atoms with Crippen molar-refractivity contribution < 1.29 is 4.74 Å². The second-order valence-corrected chi connectivity index (χ2v) is 4.21. The topological polar surface area (TPSA) is 55.6 Å². The molecule has 1 fully saturated rings. The highest BCUT2D eigenvalue weighted by Gasteiger charge is 2.22. The molecule has 1 unspecified atom stereocenters. The number of fused-ring (bicyclic) bond motifs is 1. The van der Waals surface area contributed by atoms with E-state index in [4.69, 9.17) is 16.3 Å². The van der Waals surface area contributed by atoms with Crippen LogP contribution in [0, 0.1) is 0 Å². The van der Waals surface area contributed by atoms with Crippen LogP contribution in [-0.4, -0.2) is 51.3 Å². The van der Waals surface area contributed by atoms with Gasteiger partial charge in [-0.2, -0.15) is 0 Å². The molecular formula is C10H12ClN5O. The number of aromatic nitrogens is 4. The highest BCUT2D eigenvalue weighted by molar-refractivity contribution is 6.18. The number of nitrogens with zero attached hydrogens (tertiary/aromatic N) is 5. The fraction of sp³-hybridized carbons (Fsp3) is 0.500. The first-order chi connectivity index (χ1) is 8.38. The van der Waals surface area contributed by atoms with Gasteiger partial charge in [0.05, 0.1) is 18.6 Å². The van der Waals surface area contributed by atoms with Crippen LogP contribution < -0.4 is 4.90 Å². The molecule has 2 aromatic heterocycles. The molecule has 0 saturated carbocycles. The minimum absolute atomic E-state index is 0.0513. The highest BCUT2D eigenvalue weighted by atomic mass is 35.5. The third kappa shape index (κ3) is 1.94. The third-order valence-corrected chi connectivity index (χ3v) is 3.15. The van der Waals surface area contributed by atoms with Gasteiger partial charge in [0, 0.05) is 25.5 Å². The summed E-state index contributed by atoms with van der Waals surface area (Å²) in [7, 11) is 0. The van der Waals surface area contributed by atoms with Crippen molar-refractivity contribution in [1.82, 2.24) is 19.6 Å². The van der Waals surface area contributed by atoms with Gasteiger partial charge in [0.25, 0.3) is 0 Å². The van der Waals surface area contributed by atoms with Gasteiger partial charge in [-0.1, -0.05) is 0 Å². The lowest BCUT2D eigenvalue weighted by atomic mass is 10.3. The second kappa shape index (κ2) is 4.46. The fourth-order valence-corrected chi connectivity index (χ4v) is 2.16. The third-order valence-electron chi connectivity index (χ3n) is 2.81. The Balaban J connectivity index is 1.94. The van der Waals surface area contributed by atoms with E-state index in [1.54, 1.807) is 12.5 Å². The predicted octanol–water partition coefficient (Wildman–Crippen LogP) is 0.568. The molecule has 2 aromatic rings. The quantitative estimate of drug-likeness (QED) is 0.733. The van der Waals surface area contributed by atoms with Crippen LogP contribution in [0.25, 0.3) is 5.65 Å². The highest BCUT2D eigenvalue weighted by Crippen LogP contribution is 2.19. The second-order valence-electron chi connectivity index (χ2n) is 3.91. The summed E-state index contributed by atoms with van der Waals surface area (Å²) in [6.45, 7) is 2.20. The molecule has 0 spiro atoms. The van der Waals surface area contributed by atoms with E-state index in [0.29, 0.717) is 12.5 Å². The van der Waals surface area contributed by atoms with Crippen molar-refractivity contribution in [2.24, 2.45) is 0 Å². The maximum absolute atomic E-state index is 5.82. The number of morpholine rings is 1. The zero-order valence-electron chi connectivity index (χ0n) is 9.16. The van der Waals surface area contributed by atoms with Crippen molar-refractivity contribution in [3.8, 4) is 0 Å². The molecule has 0 aromatic carbocycles. The lowest BCUT2D eigenvalue weighted by Gasteiger charge is -2.32. The molecule has 6 nitrogen and oxygen atoms in total. The van der Waals surface area contributed by atoms with Crippen LogP contribution in [0.15, 0.2) is 18.7 Å². The van der Waals surface area contributed by atoms with Gasteiger partial charge in [-0.3, -0.25) is 4.40 Å². The fourth-order valence-electron chi connectivity index (χ4n) is 1.97. The van der Waals surface area contributed by atoms with Crippen LogP contribution in [0.4, 0.5) is 5.82 Å². The molecule has 0 amide bonds. The van der Waals surface area contributed by atoms with Crippen LogP contribution in [-0.2, 0) is 4.74 Å². The van der Waals surface area contributed by atoms with Crippen LogP contribution in [0.5, 0.6) is 0 Å². The number of alkyl halides is 1. The SMILES string of the molecule is ClCC1CN(c2nccn3cnnc23)CCO1. The Morgan fingerprint density at radius 2 is 2.47 bits per heavy atom. The van der Waals surface area contributed by atoms with Crippen LogP contribution in [0.3, 0.4) is 0 Å². The van der Waals surface area contributed by atoms with Gasteiger partial charge < -0.3 is 9.64 Å². The minimum atomic E-state index is 0.0513. The van der Waals surface area contributed by atoms with Crippen LogP contribution >= 0.6 is 11.6 Å². The summed E-state index contributed by atoms with van der Waals surface area (Å²) < 4.78 is 7.38. The predicted molar refractivity (Wildman–Crippen MR) is 63.5 cm³/mol. The molecule has 3 rings (SSSR count). The molecule has 17 heavy (non-hydrogen) atoms. The lowest BCUT2D eigenvalue weighted by Crippen LogP contribution is -2.43. The Morgan fingerprint density at radius 3 is 3.35 bits per heavy atom. The number of halogens is 1. The molecule has 0 bridgehead atoms. The molecule has 90 valence electrons. The first kappa shape index (κ1) is 10.7. The largest absolute Gasteiger partial charge is 0.373 e. The van der Waals surface area contributed by atoms with Crippen molar-refractivity contribution in [3.63, 3.8) is 0 Å². The number of hydrogen-bond donors (Lipinski definition) is 0. The van der Waals surface area contributed by atoms with E-state index in [2.05, 4.69) is 20.1 Å². The van der Waals surface area contributed by atoms with E-state index in [1.807, 2.05) is 10.6 Å². The standard InChI is InChI=1S/C10H12ClN5O/c11-5-8-6-15(3-4-17-8)9-10-14-13-7-16(10)2-1-12-9/h1-2,7-8H,3-6H2. The first-order valence-electron chi connectivity index (χ1n) is 5.45. The van der Waals surface area contributed by atoms with Gasteiger partial charge >= 0.3 is 0 Å². The molecule has 0 aliphatic carbocycles. The minimum Gasteiger partial charge on any atom is -0.373 e. The number of ether oxygens (including phenoxy) is 1. The number of hydrogen-bond acceptors (Lipinski definition) is 5. The van der Waals surface area contributed by atoms with Crippen molar-refractivity contribution in [3.05, 3.63) is 18.7 Å². The monoisotopic (exact) mass is 253 g/mol. The van der Waals surface area contributed by atoms with Gasteiger partial charge in [0.2, 0.25) is 5.65 Å². The van der Waals surface area contributed by atoms with Crippen molar-refractivity contribution >= 4 is 23.1 Å². The summed E-state index contributed by atoms with van der Waals surface area (Å²) in [4.78, 5) is 6.51. The molecular weight excluding hydrogens is 242 g/mol. The molecule has 3 heterocycles. The zero-order chi connectivity index (χ0) is 11.7. The Morgan fingerprint density at radius 1 is 1.53 bits per heavy atom. The summed E-state index contributed by atoms with van der Waals surface area (Å²) in [5.41, 5.74) is 0.766. The van der Waals surface area contributed by atoms with Crippen LogP contribution in [0.1, 0.15) is 0 Å². The Kier molecular flexibility index (Phi) is 2.82. The average molecular weight is 254 g/mol. The summed E-state index contributed by atoms with van der Waals surface area (Å²) in [5.74, 6) is 1.33. The zero-order valence-corrected chi connectivity index (χ0v) is 9.92. The smallest absolute Gasteiger partial charge is 0.203 e. The maximum Gasteiger partial charge on any atom is 0.203 e. The van der Waals surface area contributed by atoms with Gasteiger partial charge in [0.15, 0.2) is 5.82 Å². The van der Waals surface area contributed by atoms with E-state index in [0.717, 1.165) is 24.6 Å². The summed E-state index contributed by atoms with van der Waals surface area (Å²) >= 11 is 5.82. The van der Waals surface area contributed by atoms with E-state index in [-0.39, 0.29) is 6.10 Å². The summed E-state index contributed by atoms with van der Waals surface area (Å²) in [5, 5.41) is 7.96. The summed E-state index contributed by atoms with van der Waals surface area (Å²) in [6, 6.07) is 0. The molecule has 1 atom stereocenters. The van der Waals surface area contributed by atoms with Crippen molar-refractivity contribution in [1.29, 1.82) is 0 Å². The van der Waals surface area contributed by atoms with Gasteiger partial charge in [-0.15, -0.1) is 21.8 Å².